The second kappa shape index (κ2) is 11.3. The number of rotatable bonds is 4. The predicted octanol–water partition coefficient (Wildman–Crippen LogP) is 12.5. The fraction of sp³-hybridized carbons (Fsp3) is 0.0638. The van der Waals surface area contributed by atoms with Crippen molar-refractivity contribution >= 4 is 10.8 Å². The maximum Gasteiger partial charge on any atom is 0.178 e. The van der Waals surface area contributed by atoms with Crippen LogP contribution in [0.3, 0.4) is 0 Å². The Morgan fingerprint density at radius 1 is 0.451 bits per heavy atom. The zero-order valence-electron chi connectivity index (χ0n) is 28.2. The minimum Gasteiger partial charge on any atom is -0.449 e. The van der Waals surface area contributed by atoms with E-state index in [9.17, 15) is 0 Å². The van der Waals surface area contributed by atoms with Gasteiger partial charge in [0, 0.05) is 33.2 Å². The van der Waals surface area contributed by atoms with E-state index in [0.717, 1.165) is 61.7 Å². The molecule has 1 aliphatic heterocycles. The van der Waals surface area contributed by atoms with E-state index < -0.39 is 0 Å². The summed E-state index contributed by atoms with van der Waals surface area (Å²) >= 11 is 0. The van der Waals surface area contributed by atoms with E-state index in [2.05, 4.69) is 135 Å². The fourth-order valence-electron chi connectivity index (χ4n) is 7.89. The van der Waals surface area contributed by atoms with Gasteiger partial charge in [-0.1, -0.05) is 153 Å². The lowest BCUT2D eigenvalue weighted by molar-refractivity contribution is 0.361. The van der Waals surface area contributed by atoms with Crippen LogP contribution in [-0.4, -0.2) is 9.97 Å². The van der Waals surface area contributed by atoms with Crippen molar-refractivity contribution in [2.24, 2.45) is 0 Å². The van der Waals surface area contributed by atoms with E-state index in [0.29, 0.717) is 17.3 Å². The molecule has 2 aliphatic rings. The standard InChI is InChI=1S/C47H32N2O2/c1-47(2)37-24-11-10-21-36(37)43-38(47)26-27-42-45(43)51-44-35(23-13-25-41(44)50-42)32-19-8-9-20-34(32)40-28-39(48-46(49-40)30-15-4-3-5-16-30)33-22-12-17-29-14-6-7-18-31(29)33/h3-28H,1-2H3. The summed E-state index contributed by atoms with van der Waals surface area (Å²) < 4.78 is 13.7. The number of para-hydroxylation sites is 1. The third kappa shape index (κ3) is 4.60. The highest BCUT2D eigenvalue weighted by Gasteiger charge is 2.40. The minimum atomic E-state index is -0.151. The van der Waals surface area contributed by atoms with E-state index in [-0.39, 0.29) is 5.41 Å². The van der Waals surface area contributed by atoms with Gasteiger partial charge in [-0.2, -0.15) is 0 Å². The molecule has 0 saturated heterocycles. The van der Waals surface area contributed by atoms with Crippen LogP contribution in [0.1, 0.15) is 25.0 Å². The number of aromatic nitrogens is 2. The highest BCUT2D eigenvalue weighted by atomic mass is 16.6. The quantitative estimate of drug-likeness (QED) is 0.189. The Kier molecular flexibility index (Phi) is 6.49. The first-order chi connectivity index (χ1) is 25.0. The van der Waals surface area contributed by atoms with Crippen molar-refractivity contribution in [3.05, 3.63) is 169 Å². The molecule has 0 fully saturated rings. The number of benzene rings is 7. The molecule has 242 valence electrons. The van der Waals surface area contributed by atoms with Gasteiger partial charge in [0.15, 0.2) is 28.8 Å². The van der Waals surface area contributed by atoms with E-state index in [1.54, 1.807) is 0 Å². The molecular formula is C47H32N2O2. The van der Waals surface area contributed by atoms with Crippen LogP contribution in [0.5, 0.6) is 23.0 Å². The molecule has 1 aromatic heterocycles. The molecule has 4 nitrogen and oxygen atoms in total. The van der Waals surface area contributed by atoms with Gasteiger partial charge >= 0.3 is 0 Å². The topological polar surface area (TPSA) is 44.2 Å². The number of hydrogen-bond acceptors (Lipinski definition) is 4. The second-order valence-corrected chi connectivity index (χ2v) is 13.7. The Bertz CT molecular complexity index is 2670. The van der Waals surface area contributed by atoms with Gasteiger partial charge in [-0.3, -0.25) is 0 Å². The second-order valence-electron chi connectivity index (χ2n) is 13.7. The molecule has 51 heavy (non-hydrogen) atoms. The Morgan fingerprint density at radius 3 is 1.94 bits per heavy atom. The highest BCUT2D eigenvalue weighted by Crippen LogP contribution is 2.59. The van der Waals surface area contributed by atoms with Gasteiger partial charge in [0.2, 0.25) is 0 Å². The van der Waals surface area contributed by atoms with Crippen LogP contribution < -0.4 is 9.47 Å². The summed E-state index contributed by atoms with van der Waals surface area (Å²) in [6.07, 6.45) is 0. The molecule has 0 radical (unpaired) electrons. The molecule has 0 saturated carbocycles. The maximum absolute atomic E-state index is 7.02. The first kappa shape index (κ1) is 29.4. The average Bonchev–Trinajstić information content (AvgIpc) is 3.43. The first-order valence-electron chi connectivity index (χ1n) is 17.3. The van der Waals surface area contributed by atoms with Gasteiger partial charge in [-0.15, -0.1) is 0 Å². The number of nitrogens with zero attached hydrogens (tertiary/aromatic N) is 2. The zero-order chi connectivity index (χ0) is 34.1. The summed E-state index contributed by atoms with van der Waals surface area (Å²) in [7, 11) is 0. The summed E-state index contributed by atoms with van der Waals surface area (Å²) in [6, 6.07) is 54.5. The van der Waals surface area contributed by atoms with Crippen LogP contribution in [0.25, 0.3) is 66.9 Å². The number of hydrogen-bond donors (Lipinski definition) is 0. The Labute approximate surface area is 296 Å². The lowest BCUT2D eigenvalue weighted by Gasteiger charge is -2.27. The van der Waals surface area contributed by atoms with Crippen molar-refractivity contribution in [3.8, 4) is 79.2 Å². The van der Waals surface area contributed by atoms with Crippen LogP contribution in [0.2, 0.25) is 0 Å². The van der Waals surface area contributed by atoms with Crippen molar-refractivity contribution in [2.75, 3.05) is 0 Å². The lowest BCUT2D eigenvalue weighted by Crippen LogP contribution is -2.15. The smallest absolute Gasteiger partial charge is 0.178 e. The lowest BCUT2D eigenvalue weighted by atomic mass is 9.82. The van der Waals surface area contributed by atoms with Gasteiger partial charge in [0.05, 0.1) is 11.4 Å². The SMILES string of the molecule is CC1(C)c2ccccc2-c2c1ccc1c2Oc2c(cccc2-c2ccccc2-c2cc(-c3cccc4ccccc34)nc(-c3ccccc3)n2)O1. The predicted molar refractivity (Wildman–Crippen MR) is 205 cm³/mol. The van der Waals surface area contributed by atoms with Crippen LogP contribution in [-0.2, 0) is 5.41 Å². The Morgan fingerprint density at radius 2 is 1.08 bits per heavy atom. The van der Waals surface area contributed by atoms with Crippen LogP contribution in [0, 0.1) is 0 Å². The monoisotopic (exact) mass is 656 g/mol. The molecular weight excluding hydrogens is 625 g/mol. The summed E-state index contributed by atoms with van der Waals surface area (Å²) in [4.78, 5) is 10.4. The normalized spacial score (nSPS) is 13.4. The summed E-state index contributed by atoms with van der Waals surface area (Å²) in [5.74, 6) is 3.53. The molecule has 2 heterocycles. The molecule has 10 rings (SSSR count). The summed E-state index contributed by atoms with van der Waals surface area (Å²) in [6.45, 7) is 4.56. The van der Waals surface area contributed by atoms with Crippen molar-refractivity contribution in [1.82, 2.24) is 9.97 Å². The van der Waals surface area contributed by atoms with E-state index in [4.69, 9.17) is 19.4 Å². The number of fused-ring (bicyclic) bond motifs is 7. The number of ether oxygens (including phenoxy) is 2. The van der Waals surface area contributed by atoms with Crippen LogP contribution in [0.4, 0.5) is 0 Å². The molecule has 7 aromatic carbocycles. The third-order valence-electron chi connectivity index (χ3n) is 10.4. The molecule has 0 atom stereocenters. The fourth-order valence-corrected chi connectivity index (χ4v) is 7.89. The zero-order valence-corrected chi connectivity index (χ0v) is 28.2. The molecule has 4 heteroatoms. The van der Waals surface area contributed by atoms with Crippen molar-refractivity contribution < 1.29 is 9.47 Å². The molecule has 0 spiro atoms. The van der Waals surface area contributed by atoms with Gasteiger partial charge in [0.25, 0.3) is 0 Å². The van der Waals surface area contributed by atoms with E-state index in [1.807, 2.05) is 36.4 Å². The van der Waals surface area contributed by atoms with Crippen molar-refractivity contribution in [3.63, 3.8) is 0 Å². The summed E-state index contributed by atoms with van der Waals surface area (Å²) in [5, 5.41) is 2.32. The van der Waals surface area contributed by atoms with E-state index in [1.165, 1.54) is 22.1 Å². The van der Waals surface area contributed by atoms with E-state index >= 15 is 0 Å². The highest BCUT2D eigenvalue weighted by molar-refractivity contribution is 5.97. The molecule has 0 amide bonds. The van der Waals surface area contributed by atoms with Gasteiger partial charge < -0.3 is 9.47 Å². The molecule has 1 aliphatic carbocycles. The van der Waals surface area contributed by atoms with Crippen LogP contribution >= 0.6 is 0 Å². The molecule has 0 N–H and O–H groups in total. The molecule has 0 unspecified atom stereocenters. The average molecular weight is 657 g/mol. The molecule has 0 bridgehead atoms. The Balaban J connectivity index is 1.15. The van der Waals surface area contributed by atoms with Crippen molar-refractivity contribution in [1.29, 1.82) is 0 Å². The van der Waals surface area contributed by atoms with Crippen molar-refractivity contribution in [2.45, 2.75) is 19.3 Å². The minimum absolute atomic E-state index is 0.151. The maximum atomic E-state index is 7.02. The molecule has 8 aromatic rings. The largest absolute Gasteiger partial charge is 0.449 e. The van der Waals surface area contributed by atoms with Gasteiger partial charge in [-0.05, 0) is 51.2 Å². The van der Waals surface area contributed by atoms with Gasteiger partial charge in [0.1, 0.15) is 0 Å². The van der Waals surface area contributed by atoms with Gasteiger partial charge in [-0.25, -0.2) is 9.97 Å². The Hall–Kier alpha value is -6.52. The summed E-state index contributed by atoms with van der Waals surface area (Å²) in [5.41, 5.74) is 11.3. The van der Waals surface area contributed by atoms with Crippen LogP contribution in [0.15, 0.2) is 158 Å². The first-order valence-corrected chi connectivity index (χ1v) is 17.3. The third-order valence-corrected chi connectivity index (χ3v) is 10.4.